The Morgan fingerprint density at radius 3 is 2.60 bits per heavy atom. The van der Waals surface area contributed by atoms with E-state index in [1.807, 2.05) is 42.5 Å². The summed E-state index contributed by atoms with van der Waals surface area (Å²) in [5.74, 6) is 1.45. The van der Waals surface area contributed by atoms with Gasteiger partial charge in [0.15, 0.2) is 0 Å². The summed E-state index contributed by atoms with van der Waals surface area (Å²) in [6.45, 7) is 2.69. The second kappa shape index (κ2) is 10.4. The van der Waals surface area contributed by atoms with Crippen molar-refractivity contribution in [3.05, 3.63) is 90.1 Å². The number of nitrogens with zero attached hydrogens (tertiary/aromatic N) is 2. The van der Waals surface area contributed by atoms with E-state index in [2.05, 4.69) is 40.0 Å². The maximum atomic E-state index is 13.3. The van der Waals surface area contributed by atoms with Crippen LogP contribution in [0.1, 0.15) is 36.8 Å². The molecule has 1 atom stereocenters. The number of rotatable bonds is 4. The molecule has 2 aliphatic rings. The normalized spacial score (nSPS) is 19.5. The average Bonchev–Trinajstić information content (AvgIpc) is 3.76. The number of anilines is 4. The highest BCUT2D eigenvalue weighted by atomic mass is 32.2. The highest BCUT2D eigenvalue weighted by molar-refractivity contribution is 7.92. The standard InChI is InChI=1S/C31H32N6O2S/c1-21-7-2-3-10-27(21)31(15-16-31)29(38)35-23-13-11-22(12-14-23)26-20-34-30-36-24-8-6-9-25(19-24)40(32,39)18-5-4-17-33-28(26)37-30/h2-3,6-14,19-20,32H,4-5,15-18H2,1H3,(H,35,38)(H2,33,34,36,37). The molecular formula is C31H32N6O2S. The highest BCUT2D eigenvalue weighted by Gasteiger charge is 2.51. The van der Waals surface area contributed by atoms with E-state index in [1.54, 1.807) is 24.4 Å². The number of hydrogen-bond acceptors (Lipinski definition) is 7. The Morgan fingerprint density at radius 1 is 1.02 bits per heavy atom. The molecule has 2 heterocycles. The van der Waals surface area contributed by atoms with Gasteiger partial charge in [0.1, 0.15) is 5.82 Å². The summed E-state index contributed by atoms with van der Waals surface area (Å²) >= 11 is 0. The number of aromatic nitrogens is 2. The summed E-state index contributed by atoms with van der Waals surface area (Å²) in [5.41, 5.74) is 5.02. The first-order valence-corrected chi connectivity index (χ1v) is 15.3. The van der Waals surface area contributed by atoms with Crippen molar-refractivity contribution in [2.75, 3.05) is 28.2 Å². The lowest BCUT2D eigenvalue weighted by Crippen LogP contribution is -2.28. The molecule has 6 rings (SSSR count). The van der Waals surface area contributed by atoms with Crippen LogP contribution in [0.4, 0.5) is 23.1 Å². The molecular weight excluding hydrogens is 520 g/mol. The lowest BCUT2D eigenvalue weighted by atomic mass is 9.91. The Bertz CT molecular complexity index is 1680. The van der Waals surface area contributed by atoms with Crippen LogP contribution in [0.25, 0.3) is 11.1 Å². The summed E-state index contributed by atoms with van der Waals surface area (Å²) in [6, 6.07) is 23.0. The van der Waals surface area contributed by atoms with E-state index >= 15 is 0 Å². The van der Waals surface area contributed by atoms with Gasteiger partial charge in [0, 0.05) is 40.3 Å². The predicted octanol–water partition coefficient (Wildman–Crippen LogP) is 6.48. The van der Waals surface area contributed by atoms with E-state index in [4.69, 9.17) is 9.76 Å². The number of amides is 1. The zero-order chi connectivity index (χ0) is 27.7. The van der Waals surface area contributed by atoms with Crippen molar-refractivity contribution in [3.63, 3.8) is 0 Å². The Kier molecular flexibility index (Phi) is 6.75. The van der Waals surface area contributed by atoms with Crippen LogP contribution in [0, 0.1) is 11.7 Å². The van der Waals surface area contributed by atoms with Gasteiger partial charge in [0.2, 0.25) is 11.9 Å². The van der Waals surface area contributed by atoms with Crippen molar-refractivity contribution >= 4 is 38.8 Å². The molecule has 1 unspecified atom stereocenters. The average molecular weight is 553 g/mol. The maximum absolute atomic E-state index is 13.3. The van der Waals surface area contributed by atoms with Crippen molar-refractivity contribution in [2.24, 2.45) is 0 Å². The molecule has 1 aliphatic heterocycles. The predicted molar refractivity (Wildman–Crippen MR) is 160 cm³/mol. The second-order valence-corrected chi connectivity index (χ2v) is 12.8. The summed E-state index contributed by atoms with van der Waals surface area (Å²) < 4.78 is 21.3. The molecule has 40 heavy (non-hydrogen) atoms. The Labute approximate surface area is 234 Å². The summed E-state index contributed by atoms with van der Waals surface area (Å²) in [6.07, 6.45) is 4.92. The number of nitrogens with one attached hydrogen (secondary N) is 4. The molecule has 0 saturated heterocycles. The molecule has 4 bridgehead atoms. The Hall–Kier alpha value is -4.24. The van der Waals surface area contributed by atoms with Crippen LogP contribution in [-0.2, 0) is 19.9 Å². The molecule has 1 aliphatic carbocycles. The van der Waals surface area contributed by atoms with Gasteiger partial charge in [0.05, 0.1) is 15.1 Å². The van der Waals surface area contributed by atoms with Crippen LogP contribution in [0.15, 0.2) is 83.9 Å². The van der Waals surface area contributed by atoms with Crippen LogP contribution in [0.2, 0.25) is 0 Å². The molecule has 0 spiro atoms. The summed E-state index contributed by atoms with van der Waals surface area (Å²) in [4.78, 5) is 23.1. The molecule has 1 fully saturated rings. The van der Waals surface area contributed by atoms with Crippen molar-refractivity contribution in [2.45, 2.75) is 42.9 Å². The first-order valence-electron chi connectivity index (χ1n) is 13.6. The molecule has 4 aromatic rings. The van der Waals surface area contributed by atoms with Gasteiger partial charge in [-0.15, -0.1) is 0 Å². The summed E-state index contributed by atoms with van der Waals surface area (Å²) in [7, 11) is -2.86. The third-order valence-electron chi connectivity index (χ3n) is 7.71. The van der Waals surface area contributed by atoms with Crippen LogP contribution >= 0.6 is 0 Å². The van der Waals surface area contributed by atoms with Crippen LogP contribution in [-0.4, -0.2) is 32.4 Å². The highest BCUT2D eigenvalue weighted by Crippen LogP contribution is 2.50. The van der Waals surface area contributed by atoms with E-state index in [9.17, 15) is 9.00 Å². The number of benzene rings is 3. The van der Waals surface area contributed by atoms with Gasteiger partial charge in [-0.05, 0) is 79.6 Å². The van der Waals surface area contributed by atoms with Gasteiger partial charge in [0.25, 0.3) is 0 Å². The fourth-order valence-electron chi connectivity index (χ4n) is 5.29. The molecule has 1 aromatic heterocycles. The summed E-state index contributed by atoms with van der Waals surface area (Å²) in [5, 5.41) is 9.72. The van der Waals surface area contributed by atoms with Gasteiger partial charge in [-0.1, -0.05) is 42.5 Å². The first-order chi connectivity index (χ1) is 19.3. The van der Waals surface area contributed by atoms with Crippen LogP contribution in [0.3, 0.4) is 0 Å². The second-order valence-electron chi connectivity index (χ2n) is 10.6. The lowest BCUT2D eigenvalue weighted by molar-refractivity contribution is -0.118. The third-order valence-corrected chi connectivity index (χ3v) is 9.59. The molecule has 0 radical (unpaired) electrons. The monoisotopic (exact) mass is 552 g/mol. The smallest absolute Gasteiger partial charge is 0.235 e. The first kappa shape index (κ1) is 26.0. The van der Waals surface area contributed by atoms with E-state index in [0.717, 1.165) is 47.2 Å². The fourth-order valence-corrected chi connectivity index (χ4v) is 6.75. The fraction of sp³-hybridized carbons (Fsp3) is 0.258. The largest absolute Gasteiger partial charge is 0.369 e. The lowest BCUT2D eigenvalue weighted by Gasteiger charge is -2.18. The minimum absolute atomic E-state index is 0.0358. The number of hydrogen-bond donors (Lipinski definition) is 4. The van der Waals surface area contributed by atoms with E-state index < -0.39 is 15.1 Å². The molecule has 204 valence electrons. The Balaban J connectivity index is 1.23. The van der Waals surface area contributed by atoms with Gasteiger partial charge in [-0.25, -0.2) is 14.0 Å². The van der Waals surface area contributed by atoms with Gasteiger partial charge >= 0.3 is 0 Å². The Morgan fingerprint density at radius 2 is 1.82 bits per heavy atom. The third kappa shape index (κ3) is 5.16. The minimum atomic E-state index is -2.86. The topological polar surface area (TPSA) is 120 Å². The van der Waals surface area contributed by atoms with Gasteiger partial charge < -0.3 is 16.0 Å². The number of fused-ring (bicyclic) bond motifs is 4. The molecule has 1 saturated carbocycles. The SMILES string of the molecule is Cc1ccccc1C1(C(=O)Nc2ccc(-c3cnc4nc3NCCCCS(=N)(=O)c3cccc(c3)N4)cc2)CC1. The van der Waals surface area contributed by atoms with Crippen molar-refractivity contribution in [1.29, 1.82) is 4.78 Å². The van der Waals surface area contributed by atoms with Crippen LogP contribution in [0.5, 0.6) is 0 Å². The van der Waals surface area contributed by atoms with E-state index in [-0.39, 0.29) is 5.91 Å². The van der Waals surface area contributed by atoms with Crippen molar-refractivity contribution in [3.8, 4) is 11.1 Å². The quantitative estimate of drug-likeness (QED) is 0.230. The van der Waals surface area contributed by atoms with Gasteiger partial charge in [-0.2, -0.15) is 4.98 Å². The molecule has 1 amide bonds. The zero-order valence-electron chi connectivity index (χ0n) is 22.4. The molecule has 4 N–H and O–H groups in total. The maximum Gasteiger partial charge on any atom is 0.235 e. The van der Waals surface area contributed by atoms with Gasteiger partial charge in [-0.3, -0.25) is 4.79 Å². The number of carbonyl (C=O) groups excluding carboxylic acids is 1. The van der Waals surface area contributed by atoms with Crippen molar-refractivity contribution < 1.29 is 9.00 Å². The van der Waals surface area contributed by atoms with Crippen LogP contribution < -0.4 is 16.0 Å². The van der Waals surface area contributed by atoms with Crippen molar-refractivity contribution in [1.82, 2.24) is 9.97 Å². The molecule has 3 aromatic carbocycles. The molecule has 9 heteroatoms. The number of carbonyl (C=O) groups is 1. The van der Waals surface area contributed by atoms with E-state index in [1.165, 1.54) is 0 Å². The molecule has 8 nitrogen and oxygen atoms in total. The number of aryl methyl sites for hydroxylation is 1. The minimum Gasteiger partial charge on any atom is -0.369 e. The zero-order valence-corrected chi connectivity index (χ0v) is 23.2. The van der Waals surface area contributed by atoms with E-state index in [0.29, 0.717) is 41.1 Å².